The number of pyridine rings is 1. The van der Waals surface area contributed by atoms with Crippen LogP contribution < -0.4 is 9.47 Å². The fraction of sp³-hybridized carbons (Fsp3) is 0.0769. The first-order valence-corrected chi connectivity index (χ1v) is 5.36. The highest BCUT2D eigenvalue weighted by Crippen LogP contribution is 2.26. The Balaban J connectivity index is 2.05. The van der Waals surface area contributed by atoms with Crippen molar-refractivity contribution in [3.05, 3.63) is 48.3 Å². The zero-order chi connectivity index (χ0) is 14.6. The van der Waals surface area contributed by atoms with E-state index in [4.69, 9.17) is 10.00 Å². The monoisotopic (exact) mass is 280 g/mol. The average molecular weight is 280 g/mol. The molecule has 0 saturated heterocycles. The Hall–Kier alpha value is -2.75. The maximum Gasteiger partial charge on any atom is 0.573 e. The van der Waals surface area contributed by atoms with Crippen LogP contribution in [0.25, 0.3) is 0 Å². The summed E-state index contributed by atoms with van der Waals surface area (Å²) in [7, 11) is 0. The van der Waals surface area contributed by atoms with Crippen molar-refractivity contribution in [1.82, 2.24) is 4.98 Å². The van der Waals surface area contributed by atoms with E-state index in [2.05, 4.69) is 9.72 Å². The molecular formula is C13H7F3N2O2. The molecule has 0 amide bonds. The Bertz CT molecular complexity index is 616. The van der Waals surface area contributed by atoms with E-state index in [1.807, 2.05) is 6.07 Å². The summed E-state index contributed by atoms with van der Waals surface area (Å²) in [5.74, 6) is 0.363. The van der Waals surface area contributed by atoms with Crippen LogP contribution in [0.5, 0.6) is 17.2 Å². The van der Waals surface area contributed by atoms with Crippen LogP contribution in [-0.4, -0.2) is 11.3 Å². The van der Waals surface area contributed by atoms with Crippen molar-refractivity contribution >= 4 is 0 Å². The van der Waals surface area contributed by atoms with Gasteiger partial charge in [-0.3, -0.25) is 0 Å². The van der Waals surface area contributed by atoms with Gasteiger partial charge in [-0.1, -0.05) is 0 Å². The normalized spacial score (nSPS) is 10.7. The van der Waals surface area contributed by atoms with Crippen LogP contribution in [0.3, 0.4) is 0 Å². The van der Waals surface area contributed by atoms with Crippen LogP contribution in [0.4, 0.5) is 13.2 Å². The Kier molecular flexibility index (Phi) is 3.75. The van der Waals surface area contributed by atoms with Gasteiger partial charge in [0.05, 0.1) is 6.20 Å². The largest absolute Gasteiger partial charge is 0.573 e. The fourth-order valence-corrected chi connectivity index (χ4v) is 1.35. The molecule has 4 nitrogen and oxygen atoms in total. The number of nitriles is 1. The zero-order valence-corrected chi connectivity index (χ0v) is 9.89. The maximum atomic E-state index is 12.0. The molecule has 0 unspecified atom stereocenters. The zero-order valence-electron chi connectivity index (χ0n) is 9.89. The standard InChI is InChI=1S/C13H7F3N2O2/c14-13(15,16)20-11-5-3-10(4-6-11)19-12-2-1-9(7-17)18-8-12/h1-6,8H. The number of nitrogens with zero attached hydrogens (tertiary/aromatic N) is 2. The van der Waals surface area contributed by atoms with E-state index in [1.165, 1.54) is 30.5 Å². The number of alkyl halides is 3. The third kappa shape index (κ3) is 3.88. The van der Waals surface area contributed by atoms with Crippen LogP contribution in [0, 0.1) is 11.3 Å². The molecule has 102 valence electrons. The van der Waals surface area contributed by atoms with E-state index in [9.17, 15) is 13.2 Å². The molecule has 0 spiro atoms. The van der Waals surface area contributed by atoms with Gasteiger partial charge in [-0.15, -0.1) is 13.2 Å². The smallest absolute Gasteiger partial charge is 0.456 e. The minimum atomic E-state index is -4.72. The molecule has 2 rings (SSSR count). The lowest BCUT2D eigenvalue weighted by Crippen LogP contribution is -2.16. The lowest BCUT2D eigenvalue weighted by atomic mass is 10.3. The average Bonchev–Trinajstić information content (AvgIpc) is 2.40. The summed E-state index contributed by atoms with van der Waals surface area (Å²) in [6.07, 6.45) is -3.38. The molecule has 0 radical (unpaired) electrons. The molecule has 0 atom stereocenters. The molecule has 2 aromatic rings. The van der Waals surface area contributed by atoms with Gasteiger partial charge in [-0.05, 0) is 36.4 Å². The topological polar surface area (TPSA) is 55.1 Å². The minimum Gasteiger partial charge on any atom is -0.456 e. The van der Waals surface area contributed by atoms with Gasteiger partial charge in [-0.25, -0.2) is 4.98 Å². The SMILES string of the molecule is N#Cc1ccc(Oc2ccc(OC(F)(F)F)cc2)cn1. The van der Waals surface area contributed by atoms with E-state index < -0.39 is 6.36 Å². The van der Waals surface area contributed by atoms with Crippen molar-refractivity contribution in [3.8, 4) is 23.3 Å². The van der Waals surface area contributed by atoms with Crippen molar-refractivity contribution in [3.63, 3.8) is 0 Å². The van der Waals surface area contributed by atoms with E-state index in [0.717, 1.165) is 12.1 Å². The second-order valence-electron chi connectivity index (χ2n) is 3.61. The number of aromatic nitrogens is 1. The first-order chi connectivity index (χ1) is 9.46. The van der Waals surface area contributed by atoms with Crippen molar-refractivity contribution in [1.29, 1.82) is 5.26 Å². The van der Waals surface area contributed by atoms with Gasteiger partial charge < -0.3 is 9.47 Å². The molecule has 1 aromatic heterocycles. The number of rotatable bonds is 3. The summed E-state index contributed by atoms with van der Waals surface area (Å²) in [4.78, 5) is 3.80. The Morgan fingerprint density at radius 3 is 2.05 bits per heavy atom. The van der Waals surface area contributed by atoms with Crippen molar-refractivity contribution < 1.29 is 22.6 Å². The minimum absolute atomic E-state index is 0.242. The Labute approximate surface area is 112 Å². The molecule has 20 heavy (non-hydrogen) atoms. The van der Waals surface area contributed by atoms with Gasteiger partial charge in [0.2, 0.25) is 0 Å². The highest BCUT2D eigenvalue weighted by atomic mass is 19.4. The molecular weight excluding hydrogens is 273 g/mol. The van der Waals surface area contributed by atoms with Crippen molar-refractivity contribution in [2.75, 3.05) is 0 Å². The quantitative estimate of drug-likeness (QED) is 0.861. The van der Waals surface area contributed by atoms with Crippen LogP contribution in [0.15, 0.2) is 42.6 Å². The molecule has 1 aromatic carbocycles. The summed E-state index contributed by atoms with van der Waals surface area (Å²) in [5.41, 5.74) is 0.242. The van der Waals surface area contributed by atoms with Crippen molar-refractivity contribution in [2.24, 2.45) is 0 Å². The van der Waals surface area contributed by atoms with E-state index in [-0.39, 0.29) is 11.4 Å². The second kappa shape index (κ2) is 5.48. The third-order valence-electron chi connectivity index (χ3n) is 2.14. The van der Waals surface area contributed by atoms with Gasteiger partial charge in [0, 0.05) is 0 Å². The first-order valence-electron chi connectivity index (χ1n) is 5.36. The number of benzene rings is 1. The molecule has 0 N–H and O–H groups in total. The molecule has 0 aliphatic carbocycles. The lowest BCUT2D eigenvalue weighted by molar-refractivity contribution is -0.274. The maximum absolute atomic E-state index is 12.0. The molecule has 7 heteroatoms. The predicted octanol–water partition coefficient (Wildman–Crippen LogP) is 3.64. The number of hydrogen-bond donors (Lipinski definition) is 0. The highest BCUT2D eigenvalue weighted by molar-refractivity contribution is 5.35. The molecule has 0 aliphatic rings. The van der Waals surface area contributed by atoms with Gasteiger partial charge in [0.1, 0.15) is 29.0 Å². The Morgan fingerprint density at radius 2 is 1.55 bits per heavy atom. The fourth-order valence-electron chi connectivity index (χ4n) is 1.35. The van der Waals surface area contributed by atoms with E-state index in [0.29, 0.717) is 11.5 Å². The summed E-state index contributed by atoms with van der Waals surface area (Å²) >= 11 is 0. The van der Waals surface area contributed by atoms with Gasteiger partial charge in [0.25, 0.3) is 0 Å². The van der Waals surface area contributed by atoms with Gasteiger partial charge in [-0.2, -0.15) is 5.26 Å². The third-order valence-corrected chi connectivity index (χ3v) is 2.14. The summed E-state index contributed by atoms with van der Waals surface area (Å²) in [6, 6.07) is 9.80. The number of halogens is 3. The summed E-state index contributed by atoms with van der Waals surface area (Å²) in [5, 5.41) is 8.58. The van der Waals surface area contributed by atoms with Crippen LogP contribution in [-0.2, 0) is 0 Å². The molecule has 0 bridgehead atoms. The van der Waals surface area contributed by atoms with E-state index in [1.54, 1.807) is 0 Å². The van der Waals surface area contributed by atoms with Gasteiger partial charge >= 0.3 is 6.36 Å². The van der Waals surface area contributed by atoms with Crippen LogP contribution >= 0.6 is 0 Å². The Morgan fingerprint density at radius 1 is 0.950 bits per heavy atom. The number of ether oxygens (including phenoxy) is 2. The van der Waals surface area contributed by atoms with E-state index >= 15 is 0 Å². The van der Waals surface area contributed by atoms with Gasteiger partial charge in [0.15, 0.2) is 0 Å². The molecule has 0 saturated carbocycles. The second-order valence-corrected chi connectivity index (χ2v) is 3.61. The van der Waals surface area contributed by atoms with Crippen LogP contribution in [0.1, 0.15) is 5.69 Å². The molecule has 0 aliphatic heterocycles. The highest BCUT2D eigenvalue weighted by Gasteiger charge is 2.30. The first kappa shape index (κ1) is 13.7. The lowest BCUT2D eigenvalue weighted by Gasteiger charge is -2.09. The summed E-state index contributed by atoms with van der Waals surface area (Å²) in [6.45, 7) is 0. The van der Waals surface area contributed by atoms with Crippen molar-refractivity contribution in [2.45, 2.75) is 6.36 Å². The van der Waals surface area contributed by atoms with Crippen LogP contribution in [0.2, 0.25) is 0 Å². The number of hydrogen-bond acceptors (Lipinski definition) is 4. The predicted molar refractivity (Wildman–Crippen MR) is 62.2 cm³/mol. The summed E-state index contributed by atoms with van der Waals surface area (Å²) < 4.78 is 45.0. The molecule has 0 fully saturated rings. The molecule has 1 heterocycles.